The van der Waals surface area contributed by atoms with Crippen molar-refractivity contribution in [1.82, 2.24) is 0 Å². The van der Waals surface area contributed by atoms with Crippen molar-refractivity contribution in [2.24, 2.45) is 0 Å². The van der Waals surface area contributed by atoms with Crippen LogP contribution >= 0.6 is 0 Å². The van der Waals surface area contributed by atoms with Gasteiger partial charge in [-0.15, -0.1) is 0 Å². The second kappa shape index (κ2) is 6.49. The minimum absolute atomic E-state index is 0.298. The molecule has 0 saturated heterocycles. The monoisotopic (exact) mass is 346 g/mol. The Morgan fingerprint density at radius 2 is 1.77 bits per heavy atom. The van der Waals surface area contributed by atoms with Crippen molar-refractivity contribution in [2.45, 2.75) is 40.0 Å². The van der Waals surface area contributed by atoms with Gasteiger partial charge in [-0.2, -0.15) is 0 Å². The molecule has 3 heteroatoms. The zero-order valence-corrected chi connectivity index (χ0v) is 15.4. The van der Waals surface area contributed by atoms with Crippen molar-refractivity contribution in [1.29, 1.82) is 0 Å². The summed E-state index contributed by atoms with van der Waals surface area (Å²) < 4.78 is 11.5. The SMILES string of the molecule is CCCCc1cc(=O)oc2cc(C)c3c(-c4ccc(C)cc4)coc3c12. The summed E-state index contributed by atoms with van der Waals surface area (Å²) in [6.07, 6.45) is 4.76. The molecule has 0 bridgehead atoms. The van der Waals surface area contributed by atoms with Crippen LogP contribution in [0.3, 0.4) is 0 Å². The lowest BCUT2D eigenvalue weighted by molar-refractivity contribution is 0.556. The van der Waals surface area contributed by atoms with Crippen LogP contribution in [0.4, 0.5) is 0 Å². The average molecular weight is 346 g/mol. The Bertz CT molecular complexity index is 1140. The Balaban J connectivity index is 2.04. The minimum Gasteiger partial charge on any atom is -0.463 e. The normalized spacial score (nSPS) is 11.5. The second-order valence-corrected chi connectivity index (χ2v) is 6.98. The first-order valence-electron chi connectivity index (χ1n) is 9.13. The van der Waals surface area contributed by atoms with Gasteiger partial charge in [-0.1, -0.05) is 43.2 Å². The maximum Gasteiger partial charge on any atom is 0.336 e. The first-order chi connectivity index (χ1) is 12.6. The van der Waals surface area contributed by atoms with Gasteiger partial charge < -0.3 is 8.83 Å². The standard InChI is InChI=1S/C23H22O3/c1-4-5-6-17-12-20(24)26-19-11-15(3)21-18(13-25-23(21)22(17)19)16-9-7-14(2)8-10-16/h7-13H,4-6H2,1-3H3. The molecule has 0 aliphatic carbocycles. The lowest BCUT2D eigenvalue weighted by atomic mass is 9.96. The summed E-state index contributed by atoms with van der Waals surface area (Å²) >= 11 is 0. The molecule has 4 rings (SSSR count). The van der Waals surface area contributed by atoms with Gasteiger partial charge in [0.2, 0.25) is 0 Å². The van der Waals surface area contributed by atoms with E-state index in [1.165, 1.54) is 5.56 Å². The van der Waals surface area contributed by atoms with Crippen LogP contribution < -0.4 is 5.63 Å². The van der Waals surface area contributed by atoms with E-state index in [-0.39, 0.29) is 5.63 Å². The summed E-state index contributed by atoms with van der Waals surface area (Å²) in [5, 5.41) is 2.02. The van der Waals surface area contributed by atoms with Crippen molar-refractivity contribution in [3.8, 4) is 11.1 Å². The van der Waals surface area contributed by atoms with Crippen LogP contribution in [0.25, 0.3) is 33.1 Å². The molecule has 4 aromatic rings. The molecular formula is C23H22O3. The van der Waals surface area contributed by atoms with Gasteiger partial charge in [-0.25, -0.2) is 4.79 Å². The molecule has 3 nitrogen and oxygen atoms in total. The summed E-state index contributed by atoms with van der Waals surface area (Å²) in [5.41, 5.74) is 6.61. The van der Waals surface area contributed by atoms with E-state index in [9.17, 15) is 4.79 Å². The third-order valence-electron chi connectivity index (χ3n) is 4.99. The van der Waals surface area contributed by atoms with Gasteiger partial charge in [-0.3, -0.25) is 0 Å². The largest absolute Gasteiger partial charge is 0.463 e. The van der Waals surface area contributed by atoms with Gasteiger partial charge in [-0.05, 0) is 49.4 Å². The fourth-order valence-corrected chi connectivity index (χ4v) is 3.63. The van der Waals surface area contributed by atoms with Gasteiger partial charge in [0.25, 0.3) is 0 Å². The van der Waals surface area contributed by atoms with E-state index in [0.29, 0.717) is 5.58 Å². The van der Waals surface area contributed by atoms with Gasteiger partial charge in [0.05, 0.1) is 11.6 Å². The number of hydrogen-bond acceptors (Lipinski definition) is 3. The lowest BCUT2D eigenvalue weighted by Crippen LogP contribution is -2.01. The highest BCUT2D eigenvalue weighted by atomic mass is 16.4. The van der Waals surface area contributed by atoms with E-state index >= 15 is 0 Å². The van der Waals surface area contributed by atoms with Crippen molar-refractivity contribution >= 4 is 21.9 Å². The van der Waals surface area contributed by atoms with E-state index in [0.717, 1.165) is 57.9 Å². The van der Waals surface area contributed by atoms with Crippen molar-refractivity contribution in [3.05, 3.63) is 69.8 Å². The molecule has 2 aromatic heterocycles. The van der Waals surface area contributed by atoms with E-state index in [4.69, 9.17) is 8.83 Å². The predicted octanol–water partition coefficient (Wildman–Crippen LogP) is 6.17. The van der Waals surface area contributed by atoms with Gasteiger partial charge in [0.15, 0.2) is 0 Å². The number of benzene rings is 2. The van der Waals surface area contributed by atoms with Gasteiger partial charge in [0, 0.05) is 17.0 Å². The van der Waals surface area contributed by atoms with Crippen LogP contribution in [0.1, 0.15) is 36.5 Å². The summed E-state index contributed by atoms with van der Waals surface area (Å²) in [4.78, 5) is 12.0. The molecule has 0 radical (unpaired) electrons. The van der Waals surface area contributed by atoms with Crippen molar-refractivity contribution in [3.63, 3.8) is 0 Å². The Morgan fingerprint density at radius 3 is 2.50 bits per heavy atom. The molecule has 0 amide bonds. The molecule has 0 aliphatic heterocycles. The number of aryl methyl sites for hydroxylation is 3. The average Bonchev–Trinajstić information content (AvgIpc) is 3.05. The van der Waals surface area contributed by atoms with Crippen LogP contribution in [0, 0.1) is 13.8 Å². The number of fused-ring (bicyclic) bond motifs is 3. The minimum atomic E-state index is -0.298. The summed E-state index contributed by atoms with van der Waals surface area (Å²) in [6, 6.07) is 12.0. The molecule has 26 heavy (non-hydrogen) atoms. The number of rotatable bonds is 4. The molecule has 2 aromatic carbocycles. The fraction of sp³-hybridized carbons (Fsp3) is 0.261. The molecule has 2 heterocycles. The summed E-state index contributed by atoms with van der Waals surface area (Å²) in [7, 11) is 0. The van der Waals surface area contributed by atoms with Crippen LogP contribution in [-0.2, 0) is 6.42 Å². The summed E-state index contributed by atoms with van der Waals surface area (Å²) in [6.45, 7) is 6.27. The van der Waals surface area contributed by atoms with Crippen molar-refractivity contribution < 1.29 is 8.83 Å². The fourth-order valence-electron chi connectivity index (χ4n) is 3.63. The number of furan rings is 1. The third kappa shape index (κ3) is 2.74. The Labute approximate surface area is 152 Å². The van der Waals surface area contributed by atoms with Crippen LogP contribution in [0.15, 0.2) is 56.3 Å². The second-order valence-electron chi connectivity index (χ2n) is 6.98. The molecule has 0 N–H and O–H groups in total. The molecule has 0 spiro atoms. The zero-order valence-electron chi connectivity index (χ0n) is 15.4. The maximum absolute atomic E-state index is 12.0. The zero-order chi connectivity index (χ0) is 18.3. The van der Waals surface area contributed by atoms with Crippen LogP contribution in [0.5, 0.6) is 0 Å². The molecule has 0 atom stereocenters. The smallest absolute Gasteiger partial charge is 0.336 e. The molecule has 0 aliphatic rings. The predicted molar refractivity (Wildman–Crippen MR) is 106 cm³/mol. The highest BCUT2D eigenvalue weighted by molar-refractivity contribution is 6.10. The molecule has 0 saturated carbocycles. The lowest BCUT2D eigenvalue weighted by Gasteiger charge is -2.08. The highest BCUT2D eigenvalue weighted by Crippen LogP contribution is 2.38. The van der Waals surface area contributed by atoms with E-state index < -0.39 is 0 Å². The van der Waals surface area contributed by atoms with Crippen LogP contribution in [0.2, 0.25) is 0 Å². The number of hydrogen-bond donors (Lipinski definition) is 0. The van der Waals surface area contributed by atoms with Gasteiger partial charge >= 0.3 is 5.63 Å². The Hall–Kier alpha value is -2.81. The van der Waals surface area contributed by atoms with E-state index in [1.807, 2.05) is 19.3 Å². The van der Waals surface area contributed by atoms with E-state index in [2.05, 4.69) is 38.1 Å². The Morgan fingerprint density at radius 1 is 1.00 bits per heavy atom. The Kier molecular flexibility index (Phi) is 4.15. The quantitative estimate of drug-likeness (QED) is 0.415. The first kappa shape index (κ1) is 16.6. The molecule has 0 unspecified atom stereocenters. The van der Waals surface area contributed by atoms with Crippen molar-refractivity contribution in [2.75, 3.05) is 0 Å². The highest BCUT2D eigenvalue weighted by Gasteiger charge is 2.18. The topological polar surface area (TPSA) is 43.4 Å². The van der Waals surface area contributed by atoms with Crippen LogP contribution in [-0.4, -0.2) is 0 Å². The van der Waals surface area contributed by atoms with E-state index in [1.54, 1.807) is 6.07 Å². The van der Waals surface area contributed by atoms with Gasteiger partial charge in [0.1, 0.15) is 11.2 Å². The molecule has 0 fully saturated rings. The maximum atomic E-state index is 12.0. The first-order valence-corrected chi connectivity index (χ1v) is 9.13. The summed E-state index contributed by atoms with van der Waals surface area (Å²) in [5.74, 6) is 0. The number of unbranched alkanes of at least 4 members (excludes halogenated alkanes) is 1. The third-order valence-corrected chi connectivity index (χ3v) is 4.99. The molecular weight excluding hydrogens is 324 g/mol. The molecule has 132 valence electrons.